The van der Waals surface area contributed by atoms with Crippen LogP contribution in [0.15, 0.2) is 24.3 Å². The van der Waals surface area contributed by atoms with E-state index in [0.29, 0.717) is 9.99 Å². The first kappa shape index (κ1) is 19.7. The van der Waals surface area contributed by atoms with Gasteiger partial charge in [0, 0.05) is 12.5 Å². The van der Waals surface area contributed by atoms with Gasteiger partial charge >= 0.3 is 12.1 Å². The number of rotatable bonds is 5. The standard InChI is InChI=1S/C15H17F3INO3/c1-14(2,3)23-12(21)6-4-5-9-22-13-10(19)7-8-11(20-13)15(16,17)18/h4,6-8H,5,9H2,1-3H3/b6-4+. The number of halogens is 4. The van der Waals surface area contributed by atoms with Crippen molar-refractivity contribution in [1.82, 2.24) is 4.98 Å². The highest BCUT2D eigenvalue weighted by Crippen LogP contribution is 2.30. The summed E-state index contributed by atoms with van der Waals surface area (Å²) in [6.07, 6.45) is -1.37. The molecule has 23 heavy (non-hydrogen) atoms. The largest absolute Gasteiger partial charge is 0.477 e. The Kier molecular flexibility index (Phi) is 6.84. The van der Waals surface area contributed by atoms with Crippen LogP contribution in [-0.2, 0) is 15.7 Å². The summed E-state index contributed by atoms with van der Waals surface area (Å²) in [4.78, 5) is 14.9. The lowest BCUT2D eigenvalue weighted by Gasteiger charge is -2.17. The Labute approximate surface area is 146 Å². The van der Waals surface area contributed by atoms with E-state index in [9.17, 15) is 18.0 Å². The van der Waals surface area contributed by atoms with E-state index in [1.807, 2.05) is 22.6 Å². The van der Waals surface area contributed by atoms with Crippen molar-refractivity contribution in [1.29, 1.82) is 0 Å². The molecule has 1 heterocycles. The smallest absolute Gasteiger partial charge is 0.433 e. The van der Waals surface area contributed by atoms with Crippen LogP contribution < -0.4 is 4.74 Å². The first-order chi connectivity index (χ1) is 10.5. The number of pyridine rings is 1. The lowest BCUT2D eigenvalue weighted by molar-refractivity contribution is -0.148. The number of nitrogens with zero attached hydrogens (tertiary/aromatic N) is 1. The predicted molar refractivity (Wildman–Crippen MR) is 87.1 cm³/mol. The van der Waals surface area contributed by atoms with Crippen LogP contribution >= 0.6 is 22.6 Å². The summed E-state index contributed by atoms with van der Waals surface area (Å²) in [5.74, 6) is -0.560. The molecular formula is C15H17F3INO3. The van der Waals surface area contributed by atoms with Crippen molar-refractivity contribution in [3.05, 3.63) is 33.5 Å². The van der Waals surface area contributed by atoms with Gasteiger partial charge in [0.2, 0.25) is 5.88 Å². The molecule has 0 aliphatic rings. The molecule has 4 nitrogen and oxygen atoms in total. The number of aromatic nitrogens is 1. The average Bonchev–Trinajstić information content (AvgIpc) is 2.36. The molecule has 128 valence electrons. The predicted octanol–water partition coefficient (Wildman–Crippen LogP) is 4.37. The Balaban J connectivity index is 2.52. The zero-order chi connectivity index (χ0) is 17.7. The van der Waals surface area contributed by atoms with Gasteiger partial charge in [0.15, 0.2) is 0 Å². The van der Waals surface area contributed by atoms with Gasteiger partial charge in [0.1, 0.15) is 11.3 Å². The fourth-order valence-corrected chi connectivity index (χ4v) is 1.88. The first-order valence-corrected chi connectivity index (χ1v) is 7.83. The Morgan fingerprint density at radius 1 is 1.30 bits per heavy atom. The second-order valence-corrected chi connectivity index (χ2v) is 6.72. The Hall–Kier alpha value is -1.32. The molecule has 0 atom stereocenters. The Bertz CT molecular complexity index is 580. The van der Waals surface area contributed by atoms with E-state index in [1.54, 1.807) is 20.8 Å². The topological polar surface area (TPSA) is 48.4 Å². The van der Waals surface area contributed by atoms with E-state index in [0.717, 1.165) is 6.07 Å². The minimum atomic E-state index is -4.51. The summed E-state index contributed by atoms with van der Waals surface area (Å²) in [6.45, 7) is 5.36. The second-order valence-electron chi connectivity index (χ2n) is 5.55. The molecule has 8 heteroatoms. The fourth-order valence-electron chi connectivity index (χ4n) is 1.42. The molecule has 1 aromatic rings. The lowest BCUT2D eigenvalue weighted by atomic mass is 10.2. The Morgan fingerprint density at radius 2 is 1.96 bits per heavy atom. The molecule has 1 aromatic heterocycles. The van der Waals surface area contributed by atoms with E-state index >= 15 is 0 Å². The van der Waals surface area contributed by atoms with Crippen LogP contribution in [0.25, 0.3) is 0 Å². The third-order valence-corrected chi connectivity index (χ3v) is 3.11. The van der Waals surface area contributed by atoms with Crippen LogP contribution in [0.3, 0.4) is 0 Å². The molecule has 0 radical (unpaired) electrons. The SMILES string of the molecule is CC(C)(C)OC(=O)/C=C/CCOc1nc(C(F)(F)F)ccc1I. The van der Waals surface area contributed by atoms with Gasteiger partial charge in [0.25, 0.3) is 0 Å². The van der Waals surface area contributed by atoms with Gasteiger partial charge in [-0.2, -0.15) is 13.2 Å². The summed E-state index contributed by atoms with van der Waals surface area (Å²) in [5, 5.41) is 0. The van der Waals surface area contributed by atoms with Gasteiger partial charge in [-0.05, 0) is 55.5 Å². The molecular weight excluding hydrogens is 426 g/mol. The fraction of sp³-hybridized carbons (Fsp3) is 0.467. The van der Waals surface area contributed by atoms with Crippen molar-refractivity contribution >= 4 is 28.6 Å². The first-order valence-electron chi connectivity index (χ1n) is 6.75. The molecule has 0 aromatic carbocycles. The molecule has 0 N–H and O–H groups in total. The number of ether oxygens (including phenoxy) is 2. The van der Waals surface area contributed by atoms with E-state index in [4.69, 9.17) is 9.47 Å². The third-order valence-electron chi connectivity index (χ3n) is 2.29. The van der Waals surface area contributed by atoms with Crippen LogP contribution in [0.2, 0.25) is 0 Å². The lowest BCUT2D eigenvalue weighted by Crippen LogP contribution is -2.22. The number of alkyl halides is 3. The van der Waals surface area contributed by atoms with E-state index < -0.39 is 23.4 Å². The summed E-state index contributed by atoms with van der Waals surface area (Å²) >= 11 is 1.84. The molecule has 0 aliphatic carbocycles. The maximum atomic E-state index is 12.6. The van der Waals surface area contributed by atoms with E-state index in [2.05, 4.69) is 4.98 Å². The van der Waals surface area contributed by atoms with Crippen molar-refractivity contribution in [3.8, 4) is 5.88 Å². The minimum Gasteiger partial charge on any atom is -0.477 e. The molecule has 0 bridgehead atoms. The Morgan fingerprint density at radius 3 is 2.52 bits per heavy atom. The van der Waals surface area contributed by atoms with Crippen LogP contribution in [0, 0.1) is 3.57 Å². The van der Waals surface area contributed by atoms with Gasteiger partial charge < -0.3 is 9.47 Å². The minimum absolute atomic E-state index is 0.0777. The second kappa shape index (κ2) is 7.98. The quantitative estimate of drug-likeness (QED) is 0.294. The summed E-state index contributed by atoms with van der Waals surface area (Å²) in [5.41, 5.74) is -1.58. The van der Waals surface area contributed by atoms with Crippen molar-refractivity contribution in [3.63, 3.8) is 0 Å². The highest BCUT2D eigenvalue weighted by Gasteiger charge is 2.33. The van der Waals surface area contributed by atoms with Crippen molar-refractivity contribution < 1.29 is 27.4 Å². The van der Waals surface area contributed by atoms with Crippen molar-refractivity contribution in [2.24, 2.45) is 0 Å². The number of carbonyl (C=O) groups excluding carboxylic acids is 1. The molecule has 0 saturated heterocycles. The van der Waals surface area contributed by atoms with Gasteiger partial charge in [-0.1, -0.05) is 6.08 Å². The maximum Gasteiger partial charge on any atom is 0.433 e. The van der Waals surface area contributed by atoms with E-state index in [-0.39, 0.29) is 12.5 Å². The van der Waals surface area contributed by atoms with Crippen LogP contribution in [-0.4, -0.2) is 23.2 Å². The van der Waals surface area contributed by atoms with Crippen LogP contribution in [0.1, 0.15) is 32.9 Å². The molecule has 0 fully saturated rings. The average molecular weight is 443 g/mol. The molecule has 0 unspecified atom stereocenters. The summed E-state index contributed by atoms with van der Waals surface area (Å²) < 4.78 is 48.5. The normalized spacial score (nSPS) is 12.5. The highest BCUT2D eigenvalue weighted by molar-refractivity contribution is 14.1. The highest BCUT2D eigenvalue weighted by atomic mass is 127. The molecule has 0 aliphatic heterocycles. The number of carbonyl (C=O) groups is 1. The van der Waals surface area contributed by atoms with Crippen LogP contribution in [0.5, 0.6) is 5.88 Å². The summed E-state index contributed by atoms with van der Waals surface area (Å²) in [7, 11) is 0. The van der Waals surface area contributed by atoms with Gasteiger partial charge in [-0.3, -0.25) is 0 Å². The maximum absolute atomic E-state index is 12.6. The molecule has 0 amide bonds. The van der Waals surface area contributed by atoms with E-state index in [1.165, 1.54) is 18.2 Å². The van der Waals surface area contributed by atoms with Gasteiger partial charge in [0.05, 0.1) is 10.2 Å². The van der Waals surface area contributed by atoms with Crippen LogP contribution in [0.4, 0.5) is 13.2 Å². The zero-order valence-electron chi connectivity index (χ0n) is 12.9. The zero-order valence-corrected chi connectivity index (χ0v) is 15.1. The van der Waals surface area contributed by atoms with Crippen molar-refractivity contribution in [2.45, 2.75) is 39.0 Å². The summed E-state index contributed by atoms with van der Waals surface area (Å²) in [6, 6.07) is 2.19. The van der Waals surface area contributed by atoms with Gasteiger partial charge in [-0.25, -0.2) is 9.78 Å². The molecule has 0 spiro atoms. The number of esters is 1. The van der Waals surface area contributed by atoms with Gasteiger partial charge in [-0.15, -0.1) is 0 Å². The van der Waals surface area contributed by atoms with Crippen molar-refractivity contribution in [2.75, 3.05) is 6.61 Å². The number of hydrogen-bond acceptors (Lipinski definition) is 4. The number of hydrogen-bond donors (Lipinski definition) is 0. The molecule has 0 saturated carbocycles. The third kappa shape index (κ3) is 7.67. The molecule has 1 rings (SSSR count). The monoisotopic (exact) mass is 443 g/mol.